The predicted molar refractivity (Wildman–Crippen MR) is 119 cm³/mol. The smallest absolute Gasteiger partial charge is 0.239 e. The highest BCUT2D eigenvalue weighted by Crippen LogP contribution is 2.23. The third-order valence-electron chi connectivity index (χ3n) is 6.27. The number of benzene rings is 1. The van der Waals surface area contributed by atoms with Crippen molar-refractivity contribution in [3.8, 4) is 0 Å². The van der Waals surface area contributed by atoms with E-state index in [4.69, 9.17) is 4.98 Å². The molecular formula is C23H33N5O. The minimum Gasteiger partial charge on any atom is -0.626 e. The maximum Gasteiger partial charge on any atom is 0.239 e. The van der Waals surface area contributed by atoms with E-state index in [1.807, 2.05) is 13.0 Å². The van der Waals surface area contributed by atoms with Crippen LogP contribution in [0.2, 0.25) is 0 Å². The van der Waals surface area contributed by atoms with Crippen molar-refractivity contribution in [2.45, 2.75) is 77.5 Å². The first-order valence-corrected chi connectivity index (χ1v) is 11.1. The van der Waals surface area contributed by atoms with Crippen molar-refractivity contribution in [2.75, 3.05) is 11.9 Å². The van der Waals surface area contributed by atoms with Gasteiger partial charge in [-0.05, 0) is 50.8 Å². The number of pyridine rings is 1. The molecule has 3 N–H and O–H groups in total. The van der Waals surface area contributed by atoms with E-state index in [9.17, 15) is 5.21 Å². The van der Waals surface area contributed by atoms with E-state index in [1.54, 1.807) is 0 Å². The van der Waals surface area contributed by atoms with Gasteiger partial charge >= 0.3 is 0 Å². The Morgan fingerprint density at radius 3 is 2.72 bits per heavy atom. The van der Waals surface area contributed by atoms with Gasteiger partial charge in [-0.25, -0.2) is 4.98 Å². The van der Waals surface area contributed by atoms with Crippen molar-refractivity contribution >= 4 is 22.6 Å². The number of hydroxylamine groups is 2. The lowest BCUT2D eigenvalue weighted by atomic mass is 10.1. The van der Waals surface area contributed by atoms with Crippen molar-refractivity contribution in [2.24, 2.45) is 4.99 Å². The number of nitrogens with one attached hydrogen (secondary N) is 3. The minimum absolute atomic E-state index is 0.108. The van der Waals surface area contributed by atoms with Gasteiger partial charge in [-0.1, -0.05) is 31.4 Å². The summed E-state index contributed by atoms with van der Waals surface area (Å²) in [6.07, 6.45) is 7.25. The Morgan fingerprint density at radius 2 is 2.03 bits per heavy atom. The third kappa shape index (κ3) is 4.44. The van der Waals surface area contributed by atoms with Gasteiger partial charge < -0.3 is 20.9 Å². The number of aryl methyl sites for hydroxylation is 1. The van der Waals surface area contributed by atoms with Crippen LogP contribution in [0.3, 0.4) is 0 Å². The Hall–Kier alpha value is -2.02. The Balaban J connectivity index is 1.50. The molecule has 0 radical (unpaired) electrons. The standard InChI is InChI=1S/C23H33N5O/c1-4-18(26-19-7-5-6-8-19)11-12-24-22-20(23-25-16(3)28(23)29)14-17-13-15(2)9-10-21(17)27-22/h9-10,13-14,16,18-19,26,28H,4-8,11-12H2,1-3H3,(H,24,27). The molecule has 0 bridgehead atoms. The molecule has 2 heterocycles. The summed E-state index contributed by atoms with van der Waals surface area (Å²) in [5.74, 6) is 1.34. The number of aromatic nitrogens is 1. The summed E-state index contributed by atoms with van der Waals surface area (Å²) >= 11 is 0. The highest BCUT2D eigenvalue weighted by molar-refractivity contribution is 6.02. The van der Waals surface area contributed by atoms with Crippen molar-refractivity contribution in [1.82, 2.24) is 10.3 Å². The summed E-state index contributed by atoms with van der Waals surface area (Å²) in [5.41, 5.74) is 2.96. The van der Waals surface area contributed by atoms with E-state index in [1.165, 1.54) is 31.2 Å². The van der Waals surface area contributed by atoms with Gasteiger partial charge in [-0.15, -0.1) is 0 Å². The van der Waals surface area contributed by atoms with Crippen molar-refractivity contribution in [3.05, 3.63) is 40.6 Å². The number of rotatable bonds is 8. The molecule has 0 spiro atoms. The number of hydrogen-bond donors (Lipinski definition) is 3. The van der Waals surface area contributed by atoms with Crippen LogP contribution in [0, 0.1) is 12.1 Å². The lowest BCUT2D eigenvalue weighted by molar-refractivity contribution is -0.797. The topological polar surface area (TPSA) is 76.8 Å². The molecule has 1 fully saturated rings. The van der Waals surface area contributed by atoms with E-state index in [0.29, 0.717) is 17.9 Å². The van der Waals surface area contributed by atoms with E-state index in [0.717, 1.165) is 41.7 Å². The monoisotopic (exact) mass is 395 g/mol. The first-order chi connectivity index (χ1) is 14.0. The number of quaternary nitrogens is 1. The number of anilines is 1. The number of amidine groups is 1. The molecule has 1 aliphatic carbocycles. The van der Waals surface area contributed by atoms with Gasteiger partial charge in [-0.3, -0.25) is 0 Å². The maximum atomic E-state index is 12.3. The Labute approximate surface area is 173 Å². The zero-order valence-electron chi connectivity index (χ0n) is 17.8. The largest absolute Gasteiger partial charge is 0.626 e. The van der Waals surface area contributed by atoms with Gasteiger partial charge in [0.1, 0.15) is 5.82 Å². The Bertz CT molecular complexity index is 890. The van der Waals surface area contributed by atoms with Crippen LogP contribution < -0.4 is 15.7 Å². The lowest BCUT2D eigenvalue weighted by Crippen LogP contribution is -3.18. The van der Waals surface area contributed by atoms with Crippen molar-refractivity contribution < 1.29 is 5.06 Å². The van der Waals surface area contributed by atoms with Crippen molar-refractivity contribution in [3.63, 3.8) is 0 Å². The fourth-order valence-electron chi connectivity index (χ4n) is 4.46. The van der Waals surface area contributed by atoms with Gasteiger partial charge in [0.2, 0.25) is 5.84 Å². The van der Waals surface area contributed by atoms with Crippen LogP contribution in [0.1, 0.15) is 63.5 Å². The summed E-state index contributed by atoms with van der Waals surface area (Å²) in [6, 6.07) is 9.49. The van der Waals surface area contributed by atoms with Crippen LogP contribution in [0.15, 0.2) is 29.3 Å². The van der Waals surface area contributed by atoms with Gasteiger partial charge in [-0.2, -0.15) is 4.99 Å². The summed E-state index contributed by atoms with van der Waals surface area (Å²) in [5, 5.41) is 20.8. The summed E-state index contributed by atoms with van der Waals surface area (Å²) in [6.45, 7) is 6.99. The molecule has 1 saturated carbocycles. The predicted octanol–water partition coefficient (Wildman–Crippen LogP) is 3.14. The molecular weight excluding hydrogens is 362 g/mol. The quantitative estimate of drug-likeness (QED) is 0.600. The van der Waals surface area contributed by atoms with Crippen LogP contribution >= 0.6 is 0 Å². The molecule has 1 aromatic carbocycles. The molecule has 0 saturated heterocycles. The second-order valence-electron chi connectivity index (χ2n) is 8.57. The zero-order valence-corrected chi connectivity index (χ0v) is 17.8. The summed E-state index contributed by atoms with van der Waals surface area (Å²) in [4.78, 5) is 9.31. The van der Waals surface area contributed by atoms with Gasteiger partial charge in [0, 0.05) is 30.9 Å². The first-order valence-electron chi connectivity index (χ1n) is 11.1. The van der Waals surface area contributed by atoms with E-state index in [2.05, 4.69) is 47.7 Å². The fourth-order valence-corrected chi connectivity index (χ4v) is 4.46. The SMILES string of the molecule is CCC(CCNc1nc2ccc(C)cc2cc1C1=NC(C)[NH+]1[O-])NC1CCCC1. The second-order valence-corrected chi connectivity index (χ2v) is 8.57. The molecule has 2 aromatic rings. The van der Waals surface area contributed by atoms with Gasteiger partial charge in [0.25, 0.3) is 0 Å². The fraction of sp³-hybridized carbons (Fsp3) is 0.565. The Kier molecular flexibility index (Phi) is 6.13. The highest BCUT2D eigenvalue weighted by atomic mass is 16.5. The van der Waals surface area contributed by atoms with E-state index >= 15 is 0 Å². The zero-order chi connectivity index (χ0) is 20.4. The lowest BCUT2D eigenvalue weighted by Gasteiger charge is -2.35. The molecule has 6 heteroatoms. The van der Waals surface area contributed by atoms with Crippen LogP contribution in [-0.2, 0) is 0 Å². The maximum absolute atomic E-state index is 12.3. The molecule has 29 heavy (non-hydrogen) atoms. The number of hydrogen-bond acceptors (Lipinski definition) is 5. The first kappa shape index (κ1) is 20.3. The average molecular weight is 396 g/mol. The molecule has 1 aliphatic heterocycles. The molecule has 156 valence electrons. The molecule has 6 nitrogen and oxygen atoms in total. The van der Waals surface area contributed by atoms with Gasteiger partial charge in [0.15, 0.2) is 6.17 Å². The number of nitrogens with zero attached hydrogens (tertiary/aromatic N) is 2. The van der Waals surface area contributed by atoms with Crippen molar-refractivity contribution in [1.29, 1.82) is 0 Å². The molecule has 0 amide bonds. The summed E-state index contributed by atoms with van der Waals surface area (Å²) in [7, 11) is 0. The molecule has 1 aromatic heterocycles. The average Bonchev–Trinajstić information content (AvgIpc) is 3.23. The normalized spacial score (nSPS) is 23.1. The van der Waals surface area contributed by atoms with Gasteiger partial charge in [0.05, 0.1) is 11.1 Å². The molecule has 4 rings (SSSR count). The number of fused-ring (bicyclic) bond motifs is 1. The highest BCUT2D eigenvalue weighted by Gasteiger charge is 2.31. The molecule has 2 aliphatic rings. The summed E-state index contributed by atoms with van der Waals surface area (Å²) < 4.78 is 0. The third-order valence-corrected chi connectivity index (χ3v) is 6.27. The molecule has 3 atom stereocenters. The molecule has 3 unspecified atom stereocenters. The second kappa shape index (κ2) is 8.78. The van der Waals surface area contributed by atoms with E-state index in [-0.39, 0.29) is 11.2 Å². The van der Waals surface area contributed by atoms with Crippen LogP contribution in [-0.4, -0.2) is 35.6 Å². The van der Waals surface area contributed by atoms with E-state index < -0.39 is 0 Å². The minimum atomic E-state index is -0.230. The number of aliphatic imine (C=N–C) groups is 1. The van der Waals surface area contributed by atoms with Crippen LogP contribution in [0.25, 0.3) is 10.9 Å². The Morgan fingerprint density at radius 1 is 1.24 bits per heavy atom. The van der Waals surface area contributed by atoms with Crippen LogP contribution in [0.5, 0.6) is 0 Å². The van der Waals surface area contributed by atoms with Crippen LogP contribution in [0.4, 0.5) is 5.82 Å².